The van der Waals surface area contributed by atoms with E-state index in [2.05, 4.69) is 0 Å². The Morgan fingerprint density at radius 3 is 2.26 bits per heavy atom. The van der Waals surface area contributed by atoms with Crippen molar-refractivity contribution in [3.8, 4) is 11.5 Å². The lowest BCUT2D eigenvalue weighted by Gasteiger charge is -2.24. The Kier molecular flexibility index (Phi) is 5.79. The summed E-state index contributed by atoms with van der Waals surface area (Å²) in [6.07, 6.45) is 4.54. The summed E-state index contributed by atoms with van der Waals surface area (Å²) in [5, 5.41) is 9.33. The zero-order valence-corrected chi connectivity index (χ0v) is 13.5. The van der Waals surface area contributed by atoms with E-state index >= 15 is 0 Å². The van der Waals surface area contributed by atoms with Crippen LogP contribution in [-0.4, -0.2) is 30.1 Å². The topological polar surface area (TPSA) is 72.8 Å². The van der Waals surface area contributed by atoms with Crippen molar-refractivity contribution in [1.29, 1.82) is 0 Å². The van der Waals surface area contributed by atoms with E-state index in [9.17, 15) is 14.7 Å². The standard InChI is InChI=1S/C18H22O5/c1-3-22-15-10-9-12(11-16(15)23-4-2)17(19)13-7-5-6-8-14(13)18(20)21/h5-6,9-11,13-14H,3-4,7-8H2,1-2H3,(H,20,21)/t13-,14+/m1/s1. The van der Waals surface area contributed by atoms with Gasteiger partial charge in [0, 0.05) is 11.5 Å². The zero-order chi connectivity index (χ0) is 16.8. The minimum atomic E-state index is -0.927. The number of allylic oxidation sites excluding steroid dienone is 2. The van der Waals surface area contributed by atoms with Gasteiger partial charge in [0.15, 0.2) is 17.3 Å². The van der Waals surface area contributed by atoms with Gasteiger partial charge in [-0.2, -0.15) is 0 Å². The second kappa shape index (κ2) is 7.81. The van der Waals surface area contributed by atoms with Crippen molar-refractivity contribution in [2.24, 2.45) is 11.8 Å². The lowest BCUT2D eigenvalue weighted by molar-refractivity contribution is -0.143. The molecule has 5 nitrogen and oxygen atoms in total. The molecule has 0 bridgehead atoms. The first-order valence-electron chi connectivity index (χ1n) is 7.90. The van der Waals surface area contributed by atoms with Crippen molar-refractivity contribution in [2.45, 2.75) is 26.7 Å². The van der Waals surface area contributed by atoms with Crippen molar-refractivity contribution >= 4 is 11.8 Å². The van der Waals surface area contributed by atoms with Gasteiger partial charge in [0.1, 0.15) is 0 Å². The number of rotatable bonds is 7. The minimum Gasteiger partial charge on any atom is -0.490 e. The van der Waals surface area contributed by atoms with Crippen molar-refractivity contribution in [3.63, 3.8) is 0 Å². The predicted octanol–water partition coefficient (Wildman–Crippen LogP) is 3.33. The number of Topliss-reactive ketones (excluding diaryl/α,β-unsaturated/α-hetero) is 1. The molecule has 0 fully saturated rings. The SMILES string of the molecule is CCOc1ccc(C(=O)[C@@H]2CC=CC[C@@H]2C(=O)O)cc1OCC. The maximum atomic E-state index is 12.7. The Bertz CT molecular complexity index is 605. The third kappa shape index (κ3) is 3.92. The number of benzene rings is 1. The fourth-order valence-corrected chi connectivity index (χ4v) is 2.80. The molecule has 0 radical (unpaired) electrons. The van der Waals surface area contributed by atoms with E-state index in [0.717, 1.165) is 0 Å². The molecule has 1 N–H and O–H groups in total. The molecule has 0 aliphatic heterocycles. The van der Waals surface area contributed by atoms with E-state index in [4.69, 9.17) is 9.47 Å². The van der Waals surface area contributed by atoms with E-state index in [1.807, 2.05) is 26.0 Å². The first-order chi connectivity index (χ1) is 11.1. The number of ketones is 1. The molecule has 124 valence electrons. The maximum absolute atomic E-state index is 12.7. The van der Waals surface area contributed by atoms with Crippen LogP contribution in [0.1, 0.15) is 37.0 Å². The number of hydrogen-bond acceptors (Lipinski definition) is 4. The summed E-state index contributed by atoms with van der Waals surface area (Å²) in [5.74, 6) is -1.20. The van der Waals surface area contributed by atoms with Gasteiger partial charge in [-0.15, -0.1) is 0 Å². The molecule has 23 heavy (non-hydrogen) atoms. The number of carboxylic acid groups (broad SMARTS) is 1. The van der Waals surface area contributed by atoms with Gasteiger partial charge in [-0.05, 0) is 44.9 Å². The van der Waals surface area contributed by atoms with Crippen molar-refractivity contribution in [2.75, 3.05) is 13.2 Å². The third-order valence-electron chi connectivity index (χ3n) is 3.91. The Morgan fingerprint density at radius 2 is 1.65 bits per heavy atom. The number of ether oxygens (including phenoxy) is 2. The van der Waals surface area contributed by atoms with Crippen LogP contribution < -0.4 is 9.47 Å². The third-order valence-corrected chi connectivity index (χ3v) is 3.91. The monoisotopic (exact) mass is 318 g/mol. The summed E-state index contributed by atoms with van der Waals surface area (Å²) in [6, 6.07) is 5.03. The van der Waals surface area contributed by atoms with Gasteiger partial charge < -0.3 is 14.6 Å². The molecule has 2 atom stereocenters. The predicted molar refractivity (Wildman–Crippen MR) is 86.1 cm³/mol. The van der Waals surface area contributed by atoms with Crippen LogP contribution in [0.5, 0.6) is 11.5 Å². The van der Waals surface area contributed by atoms with Crippen LogP contribution in [-0.2, 0) is 4.79 Å². The molecule has 0 spiro atoms. The Hall–Kier alpha value is -2.30. The summed E-state index contributed by atoms with van der Waals surface area (Å²) in [6.45, 7) is 4.70. The molecule has 1 aromatic rings. The van der Waals surface area contributed by atoms with Crippen LogP contribution >= 0.6 is 0 Å². The molecule has 0 saturated carbocycles. The average molecular weight is 318 g/mol. The second-order valence-corrected chi connectivity index (χ2v) is 5.39. The lowest BCUT2D eigenvalue weighted by Crippen LogP contribution is -2.31. The number of carboxylic acids is 1. The summed E-state index contributed by atoms with van der Waals surface area (Å²) in [5.41, 5.74) is 0.462. The highest BCUT2D eigenvalue weighted by Crippen LogP contribution is 2.33. The molecule has 2 rings (SSSR count). The molecular weight excluding hydrogens is 296 g/mol. The minimum absolute atomic E-state index is 0.161. The Labute approximate surface area is 135 Å². The number of carbonyl (C=O) groups excluding carboxylic acids is 1. The van der Waals surface area contributed by atoms with E-state index in [1.165, 1.54) is 0 Å². The van der Waals surface area contributed by atoms with Gasteiger partial charge in [0.25, 0.3) is 0 Å². The highest BCUT2D eigenvalue weighted by molar-refractivity contribution is 6.00. The van der Waals surface area contributed by atoms with Gasteiger partial charge in [-0.1, -0.05) is 12.2 Å². The van der Waals surface area contributed by atoms with E-state index in [0.29, 0.717) is 43.1 Å². The van der Waals surface area contributed by atoms with Crippen LogP contribution in [0.3, 0.4) is 0 Å². The fourth-order valence-electron chi connectivity index (χ4n) is 2.80. The Morgan fingerprint density at radius 1 is 1.04 bits per heavy atom. The lowest BCUT2D eigenvalue weighted by atomic mass is 9.78. The van der Waals surface area contributed by atoms with E-state index < -0.39 is 17.8 Å². The highest BCUT2D eigenvalue weighted by Gasteiger charge is 2.34. The zero-order valence-electron chi connectivity index (χ0n) is 13.5. The van der Waals surface area contributed by atoms with Crippen LogP contribution in [0, 0.1) is 11.8 Å². The van der Waals surface area contributed by atoms with Gasteiger partial charge in [0.2, 0.25) is 0 Å². The smallest absolute Gasteiger partial charge is 0.307 e. The average Bonchev–Trinajstić information content (AvgIpc) is 2.56. The quantitative estimate of drug-likeness (QED) is 0.616. The Balaban J connectivity index is 2.29. The molecule has 5 heteroatoms. The molecule has 0 heterocycles. The van der Waals surface area contributed by atoms with Crippen LogP contribution in [0.25, 0.3) is 0 Å². The molecule has 1 aliphatic rings. The molecular formula is C18H22O5. The fraction of sp³-hybridized carbons (Fsp3) is 0.444. The normalized spacial score (nSPS) is 20.1. The van der Waals surface area contributed by atoms with Gasteiger partial charge in [0.05, 0.1) is 19.1 Å². The van der Waals surface area contributed by atoms with Crippen molar-refractivity contribution in [1.82, 2.24) is 0 Å². The van der Waals surface area contributed by atoms with Crippen molar-refractivity contribution in [3.05, 3.63) is 35.9 Å². The highest BCUT2D eigenvalue weighted by atomic mass is 16.5. The van der Waals surface area contributed by atoms with Crippen LogP contribution in [0.4, 0.5) is 0 Å². The van der Waals surface area contributed by atoms with Gasteiger partial charge in [-0.25, -0.2) is 0 Å². The molecule has 0 unspecified atom stereocenters. The van der Waals surface area contributed by atoms with Crippen molar-refractivity contribution < 1.29 is 24.2 Å². The largest absolute Gasteiger partial charge is 0.490 e. The van der Waals surface area contributed by atoms with Crippen LogP contribution in [0.2, 0.25) is 0 Å². The van der Waals surface area contributed by atoms with E-state index in [1.54, 1.807) is 18.2 Å². The second-order valence-electron chi connectivity index (χ2n) is 5.39. The molecule has 1 aromatic carbocycles. The summed E-state index contributed by atoms with van der Waals surface area (Å²) in [7, 11) is 0. The first kappa shape index (κ1) is 17.1. The van der Waals surface area contributed by atoms with Gasteiger partial charge >= 0.3 is 5.97 Å². The molecule has 0 saturated heterocycles. The summed E-state index contributed by atoms with van der Waals surface area (Å²) in [4.78, 5) is 24.1. The van der Waals surface area contributed by atoms with Gasteiger partial charge in [-0.3, -0.25) is 9.59 Å². The van der Waals surface area contributed by atoms with Crippen LogP contribution in [0.15, 0.2) is 30.4 Å². The molecule has 0 amide bonds. The van der Waals surface area contributed by atoms with E-state index in [-0.39, 0.29) is 5.78 Å². The molecule has 1 aliphatic carbocycles. The summed E-state index contributed by atoms with van der Waals surface area (Å²) < 4.78 is 11.0. The maximum Gasteiger partial charge on any atom is 0.307 e. The molecule has 0 aromatic heterocycles. The summed E-state index contributed by atoms with van der Waals surface area (Å²) >= 11 is 0. The number of aliphatic carboxylic acids is 1. The number of carbonyl (C=O) groups is 2. The first-order valence-corrected chi connectivity index (χ1v) is 7.90. The number of hydrogen-bond donors (Lipinski definition) is 1.